The lowest BCUT2D eigenvalue weighted by atomic mass is 10.0. The van der Waals surface area contributed by atoms with Gasteiger partial charge in [-0.05, 0) is 18.1 Å². The molecule has 35 heavy (non-hydrogen) atoms. The zero-order valence-electron chi connectivity index (χ0n) is 18.7. The Morgan fingerprint density at radius 2 is 1.77 bits per heavy atom. The zero-order valence-corrected chi connectivity index (χ0v) is 20.4. The quantitative estimate of drug-likeness (QED) is 0.230. The van der Waals surface area contributed by atoms with Crippen molar-refractivity contribution in [2.24, 2.45) is 0 Å². The molecule has 1 unspecified atom stereocenters. The molecule has 190 valence electrons. The average Bonchev–Trinajstić information content (AvgIpc) is 3.35. The Balaban J connectivity index is 0.00000216. The number of rotatable bonds is 8. The van der Waals surface area contributed by atoms with Crippen molar-refractivity contribution in [2.75, 3.05) is 39.5 Å². The van der Waals surface area contributed by atoms with Crippen LogP contribution in [0.15, 0.2) is 54.5 Å². The third-order valence-corrected chi connectivity index (χ3v) is 5.90. The molecule has 2 aromatic rings. The van der Waals surface area contributed by atoms with E-state index in [-0.39, 0.29) is 55.5 Å². The second-order valence-electron chi connectivity index (χ2n) is 8.01. The highest BCUT2D eigenvalue weighted by Crippen LogP contribution is 2.36. The van der Waals surface area contributed by atoms with E-state index < -0.39 is 22.1 Å². The molecule has 0 aliphatic carbocycles. The second kappa shape index (κ2) is 12.6. The number of hydrogen-bond donors (Lipinski definition) is 2. The number of halogens is 2. The van der Waals surface area contributed by atoms with Crippen LogP contribution in [0, 0.1) is 10.1 Å². The van der Waals surface area contributed by atoms with Gasteiger partial charge in [0.05, 0.1) is 17.5 Å². The summed E-state index contributed by atoms with van der Waals surface area (Å²) in [5.41, 5.74) is 0.479. The van der Waals surface area contributed by atoms with Crippen LogP contribution < -0.4 is 0 Å². The fourth-order valence-corrected chi connectivity index (χ4v) is 4.11. The molecule has 2 N–H and O–H groups in total. The maximum absolute atomic E-state index is 12.7. The minimum Gasteiger partial charge on any atom is -0.504 e. The highest BCUT2D eigenvalue weighted by Gasteiger charge is 2.31. The number of piperazine rings is 1. The Morgan fingerprint density at radius 3 is 2.37 bits per heavy atom. The Kier molecular flexibility index (Phi) is 10.1. The summed E-state index contributed by atoms with van der Waals surface area (Å²) in [6.45, 7) is 2.91. The Labute approximate surface area is 214 Å². The van der Waals surface area contributed by atoms with E-state index in [4.69, 9.17) is 9.47 Å². The van der Waals surface area contributed by atoms with Crippen molar-refractivity contribution in [3.8, 4) is 11.5 Å². The van der Waals surface area contributed by atoms with Crippen LogP contribution in [0.3, 0.4) is 0 Å². The molecule has 2 aromatic carbocycles. The predicted molar refractivity (Wildman–Crippen MR) is 132 cm³/mol. The standard InChI is InChI=1S/C23H25N3O7.2ClH/c27-20-12-17(11-19(23(20)29)26(30)31)21(28)13-24-6-8-25(9-7-24)18(22-14-32-15-33-22)10-16-4-2-1-3-5-16;;/h1-5,11-12,14,18,27,29H,6-10,13,15H2;2*1H. The van der Waals surface area contributed by atoms with Crippen molar-refractivity contribution in [3.63, 3.8) is 0 Å². The number of hydrogen-bond acceptors (Lipinski definition) is 9. The van der Waals surface area contributed by atoms with E-state index in [0.717, 1.165) is 24.3 Å². The molecule has 0 radical (unpaired) electrons. The maximum Gasteiger partial charge on any atom is 0.315 e. The first-order valence-electron chi connectivity index (χ1n) is 10.6. The number of nitro benzene ring substituents is 1. The van der Waals surface area contributed by atoms with E-state index in [0.29, 0.717) is 26.2 Å². The molecule has 12 heteroatoms. The summed E-state index contributed by atoms with van der Waals surface area (Å²) in [6.07, 6.45) is 2.43. The third kappa shape index (κ3) is 6.76. The van der Waals surface area contributed by atoms with Crippen molar-refractivity contribution >= 4 is 36.3 Å². The van der Waals surface area contributed by atoms with Crippen molar-refractivity contribution < 1.29 is 29.4 Å². The van der Waals surface area contributed by atoms with Gasteiger partial charge in [-0.15, -0.1) is 24.8 Å². The van der Waals surface area contributed by atoms with E-state index in [1.807, 2.05) is 23.1 Å². The number of carbonyl (C=O) groups is 1. The van der Waals surface area contributed by atoms with Crippen molar-refractivity contribution in [1.82, 2.24) is 9.80 Å². The predicted octanol–water partition coefficient (Wildman–Crippen LogP) is 3.11. The minimum absolute atomic E-state index is 0. The van der Waals surface area contributed by atoms with E-state index in [1.165, 1.54) is 5.56 Å². The topological polar surface area (TPSA) is 126 Å². The lowest BCUT2D eigenvalue weighted by molar-refractivity contribution is -0.386. The number of nitrogens with zero attached hydrogens (tertiary/aromatic N) is 3. The van der Waals surface area contributed by atoms with Crippen molar-refractivity contribution in [1.29, 1.82) is 0 Å². The smallest absolute Gasteiger partial charge is 0.315 e. The third-order valence-electron chi connectivity index (χ3n) is 5.90. The van der Waals surface area contributed by atoms with Crippen LogP contribution in [0.5, 0.6) is 11.5 Å². The summed E-state index contributed by atoms with van der Waals surface area (Å²) in [5.74, 6) is -1.11. The van der Waals surface area contributed by atoms with Gasteiger partial charge in [0.25, 0.3) is 0 Å². The van der Waals surface area contributed by atoms with Gasteiger partial charge >= 0.3 is 5.69 Å². The SMILES string of the molecule is Cl.Cl.O=C(CN1CCN(C(Cc2ccccc2)C2=COCO2)CC1)c1cc(O)c(O)c([N+](=O)[O-])c1. The number of carbonyl (C=O) groups excluding carboxylic acids is 1. The number of phenols is 2. The summed E-state index contributed by atoms with van der Waals surface area (Å²) in [5, 5.41) is 30.4. The second-order valence-corrected chi connectivity index (χ2v) is 8.01. The van der Waals surface area contributed by atoms with Gasteiger partial charge in [0, 0.05) is 37.8 Å². The number of aromatic hydroxyl groups is 2. The van der Waals surface area contributed by atoms with Gasteiger partial charge in [-0.2, -0.15) is 0 Å². The lowest BCUT2D eigenvalue weighted by Gasteiger charge is -2.39. The van der Waals surface area contributed by atoms with Crippen LogP contribution in [0.1, 0.15) is 15.9 Å². The molecule has 2 heterocycles. The van der Waals surface area contributed by atoms with Crippen LogP contribution in [-0.4, -0.2) is 76.3 Å². The zero-order chi connectivity index (χ0) is 23.4. The molecule has 1 fully saturated rings. The van der Waals surface area contributed by atoms with Gasteiger partial charge in [0.1, 0.15) is 6.26 Å². The van der Waals surface area contributed by atoms with Crippen LogP contribution in [0.4, 0.5) is 5.69 Å². The molecular formula is C23H27Cl2N3O7. The summed E-state index contributed by atoms with van der Waals surface area (Å²) in [6, 6.07) is 12.2. The molecule has 1 atom stereocenters. The number of ketones is 1. The lowest BCUT2D eigenvalue weighted by Crippen LogP contribution is -2.52. The normalized spacial score (nSPS) is 16.6. The van der Waals surface area contributed by atoms with E-state index in [1.54, 1.807) is 6.26 Å². The summed E-state index contributed by atoms with van der Waals surface area (Å²) < 4.78 is 11.0. The highest BCUT2D eigenvalue weighted by atomic mass is 35.5. The summed E-state index contributed by atoms with van der Waals surface area (Å²) in [7, 11) is 0. The molecular weight excluding hydrogens is 501 g/mol. The molecule has 1 saturated heterocycles. The van der Waals surface area contributed by atoms with Gasteiger partial charge in [0.2, 0.25) is 12.5 Å². The van der Waals surface area contributed by atoms with Crippen molar-refractivity contribution in [2.45, 2.75) is 12.5 Å². The summed E-state index contributed by atoms with van der Waals surface area (Å²) in [4.78, 5) is 27.2. The Morgan fingerprint density at radius 1 is 1.09 bits per heavy atom. The molecule has 0 saturated carbocycles. The number of phenolic OH excluding ortho intramolecular Hbond substituents is 2. The first kappa shape index (κ1) is 28.2. The van der Waals surface area contributed by atoms with E-state index >= 15 is 0 Å². The summed E-state index contributed by atoms with van der Waals surface area (Å²) >= 11 is 0. The van der Waals surface area contributed by atoms with E-state index in [2.05, 4.69) is 17.0 Å². The fourth-order valence-electron chi connectivity index (χ4n) is 4.11. The molecule has 0 amide bonds. The molecule has 10 nitrogen and oxygen atoms in total. The number of benzene rings is 2. The number of ether oxygens (including phenoxy) is 2. The first-order valence-corrected chi connectivity index (χ1v) is 10.6. The maximum atomic E-state index is 12.7. The van der Waals surface area contributed by atoms with Crippen LogP contribution >= 0.6 is 24.8 Å². The van der Waals surface area contributed by atoms with Gasteiger partial charge in [0.15, 0.2) is 17.3 Å². The van der Waals surface area contributed by atoms with E-state index in [9.17, 15) is 25.1 Å². The van der Waals surface area contributed by atoms with Gasteiger partial charge in [-0.1, -0.05) is 30.3 Å². The minimum atomic E-state index is -0.845. The van der Waals surface area contributed by atoms with Gasteiger partial charge in [-0.25, -0.2) is 0 Å². The van der Waals surface area contributed by atoms with Crippen LogP contribution in [0.2, 0.25) is 0 Å². The number of nitro groups is 1. The molecule has 2 aliphatic heterocycles. The molecule has 0 spiro atoms. The largest absolute Gasteiger partial charge is 0.504 e. The van der Waals surface area contributed by atoms with Crippen molar-refractivity contribution in [3.05, 3.63) is 75.7 Å². The monoisotopic (exact) mass is 527 g/mol. The Hall–Kier alpha value is -3.05. The van der Waals surface area contributed by atoms with Crippen LogP contribution in [-0.2, 0) is 15.9 Å². The Bertz CT molecular complexity index is 1060. The average molecular weight is 528 g/mol. The highest BCUT2D eigenvalue weighted by molar-refractivity contribution is 5.99. The fraction of sp³-hybridized carbons (Fsp3) is 0.348. The molecule has 0 bridgehead atoms. The molecule has 0 aromatic heterocycles. The molecule has 2 aliphatic rings. The molecule has 4 rings (SSSR count). The van der Waals surface area contributed by atoms with Crippen LogP contribution in [0.25, 0.3) is 0 Å². The van der Waals surface area contributed by atoms with Gasteiger partial charge in [-0.3, -0.25) is 24.7 Å². The van der Waals surface area contributed by atoms with Gasteiger partial charge < -0.3 is 19.7 Å². The number of Topliss-reactive ketones (excluding diaryl/α,β-unsaturated/α-hetero) is 1. The first-order chi connectivity index (χ1) is 15.9.